The molecule has 0 amide bonds. The molecule has 0 atom stereocenters. The molecular weight excluding hydrogens is 262 g/mol. The lowest BCUT2D eigenvalue weighted by Crippen LogP contribution is -2.10. The van der Waals surface area contributed by atoms with Crippen LogP contribution in [0.4, 0.5) is 5.95 Å². The monoisotopic (exact) mass is 285 g/mol. The highest BCUT2D eigenvalue weighted by atomic mass is 16.5. The van der Waals surface area contributed by atoms with Gasteiger partial charge in [0.1, 0.15) is 0 Å². The summed E-state index contributed by atoms with van der Waals surface area (Å²) < 4.78 is 7.48. The second-order valence-corrected chi connectivity index (χ2v) is 5.40. The van der Waals surface area contributed by atoms with Crippen LogP contribution in [0.2, 0.25) is 0 Å². The van der Waals surface area contributed by atoms with Gasteiger partial charge in [-0.25, -0.2) is 4.98 Å². The molecule has 21 heavy (non-hydrogen) atoms. The summed E-state index contributed by atoms with van der Waals surface area (Å²) in [4.78, 5) is 4.41. The van der Waals surface area contributed by atoms with E-state index in [2.05, 4.69) is 33.1 Å². The SMILES string of the molecule is CCOCCCNc1nccn1-c1ccc2c(c1)CCC2. The third-order valence-electron chi connectivity index (χ3n) is 3.95. The van der Waals surface area contributed by atoms with Crippen LogP contribution in [0.1, 0.15) is 30.9 Å². The molecular formula is C17H23N3O. The van der Waals surface area contributed by atoms with Gasteiger partial charge in [-0.3, -0.25) is 4.57 Å². The molecule has 1 aliphatic rings. The summed E-state index contributed by atoms with van der Waals surface area (Å²) in [6.07, 6.45) is 8.56. The predicted molar refractivity (Wildman–Crippen MR) is 85.2 cm³/mol. The Morgan fingerprint density at radius 1 is 1.29 bits per heavy atom. The Morgan fingerprint density at radius 2 is 2.19 bits per heavy atom. The molecule has 0 saturated heterocycles. The van der Waals surface area contributed by atoms with Gasteiger partial charge in [0.25, 0.3) is 0 Å². The van der Waals surface area contributed by atoms with E-state index in [0.717, 1.165) is 32.1 Å². The number of hydrogen-bond acceptors (Lipinski definition) is 3. The molecule has 1 aliphatic carbocycles. The maximum absolute atomic E-state index is 5.35. The van der Waals surface area contributed by atoms with Crippen molar-refractivity contribution in [2.45, 2.75) is 32.6 Å². The second-order valence-electron chi connectivity index (χ2n) is 5.40. The predicted octanol–water partition coefficient (Wildman–Crippen LogP) is 3.20. The highest BCUT2D eigenvalue weighted by Gasteiger charge is 2.12. The average molecular weight is 285 g/mol. The van der Waals surface area contributed by atoms with Crippen LogP contribution < -0.4 is 5.32 Å². The van der Waals surface area contributed by atoms with Gasteiger partial charge in [-0.15, -0.1) is 0 Å². The maximum atomic E-state index is 5.35. The molecule has 0 radical (unpaired) electrons. The summed E-state index contributed by atoms with van der Waals surface area (Å²) in [5, 5.41) is 3.39. The van der Waals surface area contributed by atoms with E-state index in [1.807, 2.05) is 19.3 Å². The lowest BCUT2D eigenvalue weighted by molar-refractivity contribution is 0.147. The Balaban J connectivity index is 1.67. The number of aromatic nitrogens is 2. The van der Waals surface area contributed by atoms with Crippen molar-refractivity contribution >= 4 is 5.95 Å². The van der Waals surface area contributed by atoms with Crippen LogP contribution >= 0.6 is 0 Å². The molecule has 0 spiro atoms. The van der Waals surface area contributed by atoms with Crippen LogP contribution in [-0.4, -0.2) is 29.3 Å². The molecule has 1 aromatic heterocycles. The average Bonchev–Trinajstić information content (AvgIpc) is 3.15. The minimum Gasteiger partial charge on any atom is -0.382 e. The fraction of sp³-hybridized carbons (Fsp3) is 0.471. The fourth-order valence-electron chi connectivity index (χ4n) is 2.87. The first kappa shape index (κ1) is 14.1. The van der Waals surface area contributed by atoms with Crippen molar-refractivity contribution in [1.82, 2.24) is 9.55 Å². The summed E-state index contributed by atoms with van der Waals surface area (Å²) in [6, 6.07) is 6.75. The normalized spacial score (nSPS) is 13.4. The zero-order valence-electron chi connectivity index (χ0n) is 12.6. The minimum absolute atomic E-state index is 0.782. The zero-order chi connectivity index (χ0) is 14.5. The smallest absolute Gasteiger partial charge is 0.207 e. The third kappa shape index (κ3) is 3.27. The number of nitrogens with zero attached hydrogens (tertiary/aromatic N) is 2. The van der Waals surface area contributed by atoms with Gasteiger partial charge in [0.15, 0.2) is 0 Å². The van der Waals surface area contributed by atoms with Gasteiger partial charge in [-0.1, -0.05) is 6.07 Å². The fourth-order valence-corrected chi connectivity index (χ4v) is 2.87. The highest BCUT2D eigenvalue weighted by molar-refractivity contribution is 5.47. The number of fused-ring (bicyclic) bond motifs is 1. The topological polar surface area (TPSA) is 39.1 Å². The van der Waals surface area contributed by atoms with E-state index in [0.29, 0.717) is 0 Å². The molecule has 0 unspecified atom stereocenters. The largest absolute Gasteiger partial charge is 0.382 e. The zero-order valence-corrected chi connectivity index (χ0v) is 12.6. The van der Waals surface area contributed by atoms with Crippen LogP contribution in [-0.2, 0) is 17.6 Å². The second kappa shape index (κ2) is 6.76. The van der Waals surface area contributed by atoms with Crippen LogP contribution in [0.5, 0.6) is 0 Å². The molecule has 4 heteroatoms. The van der Waals surface area contributed by atoms with E-state index in [9.17, 15) is 0 Å². The van der Waals surface area contributed by atoms with Gasteiger partial charge in [0.05, 0.1) is 0 Å². The van der Waals surface area contributed by atoms with Gasteiger partial charge in [0.2, 0.25) is 5.95 Å². The molecule has 1 N–H and O–H groups in total. The van der Waals surface area contributed by atoms with Crippen molar-refractivity contribution in [2.75, 3.05) is 25.1 Å². The number of rotatable bonds is 7. The Labute approximate surface area is 126 Å². The van der Waals surface area contributed by atoms with E-state index in [4.69, 9.17) is 4.74 Å². The molecule has 0 fully saturated rings. The summed E-state index contributed by atoms with van der Waals surface area (Å²) in [5.41, 5.74) is 4.19. The van der Waals surface area contributed by atoms with E-state index in [1.54, 1.807) is 0 Å². The molecule has 2 aromatic rings. The molecule has 1 heterocycles. The first-order chi connectivity index (χ1) is 10.4. The summed E-state index contributed by atoms with van der Waals surface area (Å²) in [5.74, 6) is 0.907. The maximum Gasteiger partial charge on any atom is 0.207 e. The van der Waals surface area contributed by atoms with Gasteiger partial charge >= 0.3 is 0 Å². The van der Waals surface area contributed by atoms with Crippen LogP contribution in [0.15, 0.2) is 30.6 Å². The highest BCUT2D eigenvalue weighted by Crippen LogP contribution is 2.25. The molecule has 1 aromatic carbocycles. The molecule has 4 nitrogen and oxygen atoms in total. The summed E-state index contributed by atoms with van der Waals surface area (Å²) in [7, 11) is 0. The standard InChI is InChI=1S/C17H23N3O/c1-2-21-12-4-9-18-17-19-10-11-20(17)16-8-7-14-5-3-6-15(14)13-16/h7-8,10-11,13H,2-6,9,12H2,1H3,(H,18,19). The number of hydrogen-bond donors (Lipinski definition) is 1. The van der Waals surface area contributed by atoms with Crippen molar-refractivity contribution in [2.24, 2.45) is 0 Å². The number of benzene rings is 1. The number of imidazole rings is 1. The van der Waals surface area contributed by atoms with Gasteiger partial charge in [-0.05, 0) is 55.9 Å². The number of aryl methyl sites for hydroxylation is 2. The molecule has 3 rings (SSSR count). The molecule has 112 valence electrons. The Morgan fingerprint density at radius 3 is 3.10 bits per heavy atom. The molecule has 0 bridgehead atoms. The van der Waals surface area contributed by atoms with Crippen LogP contribution in [0.3, 0.4) is 0 Å². The van der Waals surface area contributed by atoms with Gasteiger partial charge in [-0.2, -0.15) is 0 Å². The summed E-state index contributed by atoms with van der Waals surface area (Å²) in [6.45, 7) is 4.47. The Hall–Kier alpha value is -1.81. The summed E-state index contributed by atoms with van der Waals surface area (Å²) >= 11 is 0. The number of anilines is 1. The molecule has 0 saturated carbocycles. The quantitative estimate of drug-likeness (QED) is 0.794. The van der Waals surface area contributed by atoms with Gasteiger partial charge < -0.3 is 10.1 Å². The van der Waals surface area contributed by atoms with Crippen LogP contribution in [0.25, 0.3) is 5.69 Å². The van der Waals surface area contributed by atoms with Crippen molar-refractivity contribution in [1.29, 1.82) is 0 Å². The van der Waals surface area contributed by atoms with E-state index < -0.39 is 0 Å². The van der Waals surface area contributed by atoms with E-state index in [1.165, 1.54) is 36.1 Å². The third-order valence-corrected chi connectivity index (χ3v) is 3.95. The minimum atomic E-state index is 0.782. The van der Waals surface area contributed by atoms with Crippen molar-refractivity contribution in [3.63, 3.8) is 0 Å². The van der Waals surface area contributed by atoms with E-state index >= 15 is 0 Å². The number of ether oxygens (including phenoxy) is 1. The van der Waals surface area contributed by atoms with Crippen molar-refractivity contribution in [3.05, 3.63) is 41.7 Å². The van der Waals surface area contributed by atoms with Gasteiger partial charge in [0, 0.05) is 37.8 Å². The molecule has 0 aliphatic heterocycles. The van der Waals surface area contributed by atoms with E-state index in [-0.39, 0.29) is 0 Å². The first-order valence-electron chi connectivity index (χ1n) is 7.85. The van der Waals surface area contributed by atoms with Crippen LogP contribution in [0, 0.1) is 0 Å². The lowest BCUT2D eigenvalue weighted by Gasteiger charge is -2.11. The Kier molecular flexibility index (Phi) is 4.55. The Bertz CT molecular complexity index is 591. The van der Waals surface area contributed by atoms with Crippen molar-refractivity contribution < 1.29 is 4.74 Å². The lowest BCUT2D eigenvalue weighted by atomic mass is 10.1. The van der Waals surface area contributed by atoms with Crippen molar-refractivity contribution in [3.8, 4) is 5.69 Å². The first-order valence-corrected chi connectivity index (χ1v) is 7.85. The number of nitrogens with one attached hydrogen (secondary N) is 1.